The SMILES string of the molecule is NS(=O)(=O)N1CCN(C(=O)c2ccc(=O)[nH]c2)CC1. The first-order valence-corrected chi connectivity index (χ1v) is 7.14. The Hall–Kier alpha value is -1.71. The number of nitrogens with two attached hydrogens (primary N) is 1. The summed E-state index contributed by atoms with van der Waals surface area (Å²) in [6.07, 6.45) is 1.34. The molecule has 0 spiro atoms. The summed E-state index contributed by atoms with van der Waals surface area (Å²) in [4.78, 5) is 26.9. The van der Waals surface area contributed by atoms with Crippen LogP contribution in [0.5, 0.6) is 0 Å². The van der Waals surface area contributed by atoms with Gasteiger partial charge in [-0.25, -0.2) is 5.14 Å². The van der Waals surface area contributed by atoms with Crippen LogP contribution in [0.1, 0.15) is 10.4 Å². The number of nitrogens with zero attached hydrogens (tertiary/aromatic N) is 2. The van der Waals surface area contributed by atoms with E-state index < -0.39 is 10.2 Å². The maximum atomic E-state index is 12.1. The number of hydrogen-bond acceptors (Lipinski definition) is 4. The van der Waals surface area contributed by atoms with E-state index in [4.69, 9.17) is 5.14 Å². The van der Waals surface area contributed by atoms with Crippen LogP contribution in [0.4, 0.5) is 0 Å². The maximum Gasteiger partial charge on any atom is 0.277 e. The predicted molar refractivity (Wildman–Crippen MR) is 67.6 cm³/mol. The molecular formula is C10H14N4O4S. The van der Waals surface area contributed by atoms with Crippen LogP contribution >= 0.6 is 0 Å². The van der Waals surface area contributed by atoms with Crippen molar-refractivity contribution in [3.8, 4) is 0 Å². The summed E-state index contributed by atoms with van der Waals surface area (Å²) in [7, 11) is -3.70. The van der Waals surface area contributed by atoms with Gasteiger partial charge in [0.1, 0.15) is 0 Å². The number of hydrogen-bond donors (Lipinski definition) is 2. The van der Waals surface area contributed by atoms with Gasteiger partial charge >= 0.3 is 0 Å². The third-order valence-corrected chi connectivity index (χ3v) is 4.00. The average molecular weight is 286 g/mol. The fraction of sp³-hybridized carbons (Fsp3) is 0.400. The molecule has 1 aromatic rings. The number of rotatable bonds is 2. The second-order valence-corrected chi connectivity index (χ2v) is 5.72. The molecule has 1 amide bonds. The highest BCUT2D eigenvalue weighted by atomic mass is 32.2. The largest absolute Gasteiger partial charge is 0.336 e. The molecule has 0 aromatic carbocycles. The quantitative estimate of drug-likeness (QED) is 0.676. The summed E-state index contributed by atoms with van der Waals surface area (Å²) >= 11 is 0. The van der Waals surface area contributed by atoms with E-state index >= 15 is 0 Å². The molecule has 19 heavy (non-hydrogen) atoms. The van der Waals surface area contributed by atoms with Crippen molar-refractivity contribution in [3.63, 3.8) is 0 Å². The zero-order valence-electron chi connectivity index (χ0n) is 10.1. The van der Waals surface area contributed by atoms with Gasteiger partial charge in [0, 0.05) is 38.4 Å². The number of carbonyl (C=O) groups is 1. The van der Waals surface area contributed by atoms with Crippen molar-refractivity contribution in [2.75, 3.05) is 26.2 Å². The third kappa shape index (κ3) is 3.19. The van der Waals surface area contributed by atoms with E-state index in [1.54, 1.807) is 0 Å². The average Bonchev–Trinajstić information content (AvgIpc) is 2.38. The fourth-order valence-corrected chi connectivity index (χ4v) is 2.54. The predicted octanol–water partition coefficient (Wildman–Crippen LogP) is -1.66. The number of aromatic amines is 1. The molecule has 1 aliphatic rings. The minimum absolute atomic E-state index is 0.175. The van der Waals surface area contributed by atoms with Crippen molar-refractivity contribution in [1.82, 2.24) is 14.2 Å². The maximum absolute atomic E-state index is 12.1. The van der Waals surface area contributed by atoms with Crippen molar-refractivity contribution in [3.05, 3.63) is 34.2 Å². The van der Waals surface area contributed by atoms with Gasteiger partial charge in [-0.3, -0.25) is 9.59 Å². The monoisotopic (exact) mass is 286 g/mol. The molecule has 2 rings (SSSR count). The molecule has 0 atom stereocenters. The van der Waals surface area contributed by atoms with Crippen molar-refractivity contribution in [1.29, 1.82) is 0 Å². The van der Waals surface area contributed by atoms with E-state index in [0.717, 1.165) is 4.31 Å². The molecule has 0 aliphatic carbocycles. The Morgan fingerprint density at radius 2 is 1.84 bits per heavy atom. The first-order valence-electron chi connectivity index (χ1n) is 5.64. The minimum Gasteiger partial charge on any atom is -0.336 e. The number of nitrogens with one attached hydrogen (secondary N) is 1. The Bertz CT molecular complexity index is 611. The summed E-state index contributed by atoms with van der Waals surface area (Å²) in [5, 5.41) is 5.01. The van der Waals surface area contributed by atoms with E-state index in [0.29, 0.717) is 5.56 Å². The molecule has 1 fully saturated rings. The summed E-state index contributed by atoms with van der Waals surface area (Å²) in [5.74, 6) is -0.245. The lowest BCUT2D eigenvalue weighted by atomic mass is 10.2. The molecule has 1 aromatic heterocycles. The summed E-state index contributed by atoms with van der Waals surface area (Å²) < 4.78 is 23.4. The molecule has 104 valence electrons. The van der Waals surface area contributed by atoms with Gasteiger partial charge in [0.25, 0.3) is 16.1 Å². The molecule has 0 unspecified atom stereocenters. The smallest absolute Gasteiger partial charge is 0.277 e. The van der Waals surface area contributed by atoms with Crippen molar-refractivity contribution < 1.29 is 13.2 Å². The highest BCUT2D eigenvalue weighted by Crippen LogP contribution is 2.08. The van der Waals surface area contributed by atoms with Crippen LogP contribution in [0, 0.1) is 0 Å². The first kappa shape index (κ1) is 13.7. The summed E-state index contributed by atoms with van der Waals surface area (Å²) in [6.45, 7) is 0.893. The number of H-pyrrole nitrogens is 1. The third-order valence-electron chi connectivity index (χ3n) is 2.92. The van der Waals surface area contributed by atoms with Crippen molar-refractivity contribution in [2.24, 2.45) is 5.14 Å². The van der Waals surface area contributed by atoms with Gasteiger partial charge in [0.2, 0.25) is 5.56 Å². The first-order chi connectivity index (χ1) is 8.88. The van der Waals surface area contributed by atoms with E-state index in [9.17, 15) is 18.0 Å². The van der Waals surface area contributed by atoms with E-state index in [-0.39, 0.29) is 37.6 Å². The lowest BCUT2D eigenvalue weighted by molar-refractivity contribution is 0.0697. The molecule has 1 aliphatic heterocycles. The number of carbonyl (C=O) groups excluding carboxylic acids is 1. The van der Waals surface area contributed by atoms with Gasteiger partial charge in [0.05, 0.1) is 5.56 Å². The molecule has 0 radical (unpaired) electrons. The Balaban J connectivity index is 2.04. The van der Waals surface area contributed by atoms with Gasteiger partial charge in [-0.1, -0.05) is 0 Å². The van der Waals surface area contributed by atoms with Crippen LogP contribution < -0.4 is 10.7 Å². The lowest BCUT2D eigenvalue weighted by Gasteiger charge is -2.32. The van der Waals surface area contributed by atoms with Crippen LogP contribution in [0.2, 0.25) is 0 Å². The Morgan fingerprint density at radius 3 is 2.32 bits per heavy atom. The highest BCUT2D eigenvalue weighted by Gasteiger charge is 2.26. The second kappa shape index (κ2) is 5.11. The van der Waals surface area contributed by atoms with Crippen molar-refractivity contribution in [2.45, 2.75) is 0 Å². The molecule has 0 bridgehead atoms. The zero-order valence-corrected chi connectivity index (χ0v) is 10.9. The molecule has 8 nitrogen and oxygen atoms in total. The van der Waals surface area contributed by atoms with Gasteiger partial charge in [0.15, 0.2) is 0 Å². The number of pyridine rings is 1. The van der Waals surface area contributed by atoms with Crippen LogP contribution in [0.3, 0.4) is 0 Å². The number of piperazine rings is 1. The Labute approximate surface area is 110 Å². The molecular weight excluding hydrogens is 272 g/mol. The molecule has 9 heteroatoms. The summed E-state index contributed by atoms with van der Waals surface area (Å²) in [6, 6.07) is 2.71. The molecule has 3 N–H and O–H groups in total. The van der Waals surface area contributed by atoms with Crippen LogP contribution in [-0.4, -0.2) is 54.7 Å². The topological polar surface area (TPSA) is 117 Å². The number of amides is 1. The summed E-state index contributed by atoms with van der Waals surface area (Å²) in [5.41, 5.74) is 0.0826. The number of aromatic nitrogens is 1. The van der Waals surface area contributed by atoms with E-state index in [2.05, 4.69) is 4.98 Å². The molecule has 0 saturated carbocycles. The van der Waals surface area contributed by atoms with Gasteiger partial charge in [-0.05, 0) is 6.07 Å². The van der Waals surface area contributed by atoms with Crippen LogP contribution in [0.25, 0.3) is 0 Å². The second-order valence-electron chi connectivity index (χ2n) is 4.18. The van der Waals surface area contributed by atoms with Gasteiger partial charge in [-0.2, -0.15) is 12.7 Å². The minimum atomic E-state index is -3.70. The standard InChI is InChI=1S/C10H14N4O4S/c11-19(17,18)14-5-3-13(4-6-14)10(16)8-1-2-9(15)12-7-8/h1-2,7H,3-6H2,(H,12,15)(H2,11,17,18). The zero-order chi connectivity index (χ0) is 14.0. The fourth-order valence-electron chi connectivity index (χ4n) is 1.87. The van der Waals surface area contributed by atoms with Crippen LogP contribution in [-0.2, 0) is 10.2 Å². The van der Waals surface area contributed by atoms with Crippen LogP contribution in [0.15, 0.2) is 23.1 Å². The highest BCUT2D eigenvalue weighted by molar-refractivity contribution is 7.86. The normalized spacial score (nSPS) is 17.4. The van der Waals surface area contributed by atoms with Gasteiger partial charge in [-0.15, -0.1) is 0 Å². The Morgan fingerprint density at radius 1 is 1.21 bits per heavy atom. The Kier molecular flexibility index (Phi) is 3.69. The van der Waals surface area contributed by atoms with Gasteiger partial charge < -0.3 is 9.88 Å². The van der Waals surface area contributed by atoms with E-state index in [1.807, 2.05) is 0 Å². The molecule has 2 heterocycles. The lowest BCUT2D eigenvalue weighted by Crippen LogP contribution is -2.52. The van der Waals surface area contributed by atoms with E-state index in [1.165, 1.54) is 23.2 Å². The van der Waals surface area contributed by atoms with Crippen molar-refractivity contribution >= 4 is 16.1 Å². The molecule has 1 saturated heterocycles.